The number of hydrogen-bond donors (Lipinski definition) is 0. The van der Waals surface area contributed by atoms with Gasteiger partial charge >= 0.3 is 0 Å². The molecule has 4 rings (SSSR count). The number of rotatable bonds is 6. The van der Waals surface area contributed by atoms with Crippen molar-refractivity contribution >= 4 is 39.1 Å². The first-order valence-electron chi connectivity index (χ1n) is 9.99. The van der Waals surface area contributed by atoms with Gasteiger partial charge in [-0.15, -0.1) is 0 Å². The van der Waals surface area contributed by atoms with Crippen molar-refractivity contribution in [2.45, 2.75) is 25.5 Å². The van der Waals surface area contributed by atoms with Gasteiger partial charge in [0.25, 0.3) is 0 Å². The number of hydrogen-bond acceptors (Lipinski definition) is 3. The second kappa shape index (κ2) is 9.69. The van der Waals surface area contributed by atoms with Crippen molar-refractivity contribution in [2.75, 3.05) is 13.1 Å². The quantitative estimate of drug-likeness (QED) is 0.367. The fraction of sp³-hybridized carbons (Fsp3) is 0.292. The summed E-state index contributed by atoms with van der Waals surface area (Å²) < 4.78 is 7.18. The maximum Gasteiger partial charge on any atom is 0.213 e. The second-order valence-electron chi connectivity index (χ2n) is 7.76. The Bertz CT molecular complexity index is 984. The number of likely N-dealkylation sites (tertiary alicyclic amines) is 1. The van der Waals surface area contributed by atoms with Crippen molar-refractivity contribution in [3.63, 3.8) is 0 Å². The molecule has 0 radical (unpaired) electrons. The van der Waals surface area contributed by atoms with Crippen LogP contribution in [0.3, 0.4) is 0 Å². The minimum absolute atomic E-state index is 0.00102. The lowest BCUT2D eigenvalue weighted by molar-refractivity contribution is 0.138. The van der Waals surface area contributed by atoms with Crippen LogP contribution in [-0.2, 0) is 6.54 Å². The first-order chi connectivity index (χ1) is 14.5. The Hall–Kier alpha value is -1.59. The van der Waals surface area contributed by atoms with E-state index in [-0.39, 0.29) is 6.10 Å². The summed E-state index contributed by atoms with van der Waals surface area (Å²) in [6.07, 6.45) is 1.76. The summed E-state index contributed by atoms with van der Waals surface area (Å²) >= 11 is 15.9. The van der Waals surface area contributed by atoms with Gasteiger partial charge in [0.05, 0.1) is 10.0 Å². The summed E-state index contributed by atoms with van der Waals surface area (Å²) in [7, 11) is 0. The molecule has 3 unspecified atom stereocenters. The van der Waals surface area contributed by atoms with Crippen molar-refractivity contribution in [2.24, 2.45) is 5.92 Å². The van der Waals surface area contributed by atoms with E-state index in [0.29, 0.717) is 27.8 Å². The zero-order valence-electron chi connectivity index (χ0n) is 16.6. The van der Waals surface area contributed by atoms with Crippen molar-refractivity contribution in [3.8, 4) is 5.88 Å². The molecule has 1 aliphatic rings. The van der Waals surface area contributed by atoms with E-state index < -0.39 is 0 Å². The Morgan fingerprint density at radius 3 is 2.57 bits per heavy atom. The lowest BCUT2D eigenvalue weighted by atomic mass is 9.86. The molecule has 30 heavy (non-hydrogen) atoms. The average Bonchev–Trinajstić information content (AvgIpc) is 3.16. The highest BCUT2D eigenvalue weighted by Gasteiger charge is 2.38. The highest BCUT2D eigenvalue weighted by Crippen LogP contribution is 2.38. The SMILES string of the molecule is CC(Oc1ccc(Br)cn1)C1CN(Cc2ccccc2)CC1c1ccc(Cl)c(Cl)c1. The molecule has 0 saturated carbocycles. The first-order valence-corrected chi connectivity index (χ1v) is 11.5. The third kappa shape index (κ3) is 5.17. The van der Waals surface area contributed by atoms with Crippen LogP contribution in [0.2, 0.25) is 10.0 Å². The summed E-state index contributed by atoms with van der Waals surface area (Å²) in [6, 6.07) is 20.4. The third-order valence-corrected chi connectivity index (χ3v) is 6.88. The summed E-state index contributed by atoms with van der Waals surface area (Å²) in [6.45, 7) is 4.93. The van der Waals surface area contributed by atoms with Gasteiger partial charge in [0.1, 0.15) is 6.10 Å². The molecule has 3 atom stereocenters. The molecule has 1 fully saturated rings. The van der Waals surface area contributed by atoms with Crippen molar-refractivity contribution in [1.82, 2.24) is 9.88 Å². The topological polar surface area (TPSA) is 25.4 Å². The molecule has 2 aromatic carbocycles. The fourth-order valence-electron chi connectivity index (χ4n) is 4.17. The molecule has 1 saturated heterocycles. The van der Waals surface area contributed by atoms with Gasteiger partial charge in [-0.1, -0.05) is 59.6 Å². The van der Waals surface area contributed by atoms with Crippen LogP contribution in [0, 0.1) is 5.92 Å². The van der Waals surface area contributed by atoms with E-state index in [1.54, 1.807) is 6.20 Å². The number of nitrogens with zero attached hydrogens (tertiary/aromatic N) is 2. The molecule has 0 amide bonds. The Morgan fingerprint density at radius 2 is 1.87 bits per heavy atom. The Labute approximate surface area is 196 Å². The summed E-state index contributed by atoms with van der Waals surface area (Å²) in [4.78, 5) is 6.87. The van der Waals surface area contributed by atoms with Crippen LogP contribution in [0.15, 0.2) is 71.3 Å². The van der Waals surface area contributed by atoms with Gasteiger partial charge in [0, 0.05) is 48.2 Å². The van der Waals surface area contributed by atoms with Gasteiger partial charge in [-0.3, -0.25) is 4.90 Å². The summed E-state index contributed by atoms with van der Waals surface area (Å²) in [5.74, 6) is 1.24. The predicted octanol–water partition coefficient (Wildman–Crippen LogP) is 6.83. The van der Waals surface area contributed by atoms with Crippen molar-refractivity contribution < 1.29 is 4.74 Å². The number of aromatic nitrogens is 1. The van der Waals surface area contributed by atoms with Crippen LogP contribution >= 0.6 is 39.1 Å². The van der Waals surface area contributed by atoms with E-state index in [4.69, 9.17) is 27.9 Å². The van der Waals surface area contributed by atoms with Gasteiger partial charge < -0.3 is 4.74 Å². The van der Waals surface area contributed by atoms with E-state index in [9.17, 15) is 0 Å². The van der Waals surface area contributed by atoms with Crippen molar-refractivity contribution in [3.05, 3.63) is 92.5 Å². The maximum absolute atomic E-state index is 6.34. The Balaban J connectivity index is 1.56. The molecule has 6 heteroatoms. The number of benzene rings is 2. The average molecular weight is 506 g/mol. The largest absolute Gasteiger partial charge is 0.474 e. The number of halogens is 3. The molecule has 1 aliphatic heterocycles. The lowest BCUT2D eigenvalue weighted by Gasteiger charge is -2.26. The standard InChI is InChI=1S/C24H23BrCl2N2O/c1-16(30-24-10-8-19(25)12-28-24)20-14-29(13-17-5-3-2-4-6-17)15-21(20)18-7-9-22(26)23(27)11-18/h2-12,16,20-21H,13-15H2,1H3. The Kier molecular flexibility index (Phi) is 6.99. The molecule has 0 aliphatic carbocycles. The zero-order chi connectivity index (χ0) is 21.1. The maximum atomic E-state index is 6.34. The normalized spacial score (nSPS) is 20.3. The molecule has 3 aromatic rings. The molecule has 0 bridgehead atoms. The lowest BCUT2D eigenvalue weighted by Crippen LogP contribution is -2.30. The fourth-order valence-corrected chi connectivity index (χ4v) is 4.71. The van der Waals surface area contributed by atoms with E-state index >= 15 is 0 Å². The van der Waals surface area contributed by atoms with Crippen molar-refractivity contribution in [1.29, 1.82) is 0 Å². The highest BCUT2D eigenvalue weighted by molar-refractivity contribution is 9.10. The first kappa shape index (κ1) is 21.6. The molecule has 1 aromatic heterocycles. The monoisotopic (exact) mass is 504 g/mol. The molecule has 3 nitrogen and oxygen atoms in total. The van der Waals surface area contributed by atoms with Crippen LogP contribution in [0.1, 0.15) is 24.0 Å². The third-order valence-electron chi connectivity index (χ3n) is 5.67. The van der Waals surface area contributed by atoms with E-state index in [1.807, 2.05) is 24.3 Å². The molecular weight excluding hydrogens is 483 g/mol. The summed E-state index contributed by atoms with van der Waals surface area (Å²) in [5, 5.41) is 1.18. The van der Waals surface area contributed by atoms with Gasteiger partial charge in [-0.2, -0.15) is 0 Å². The van der Waals surface area contributed by atoms with Crippen LogP contribution in [0.5, 0.6) is 5.88 Å². The van der Waals surface area contributed by atoms with Gasteiger partial charge in [0.2, 0.25) is 5.88 Å². The number of pyridine rings is 1. The van der Waals surface area contributed by atoms with Crippen LogP contribution in [0.4, 0.5) is 0 Å². The Morgan fingerprint density at radius 1 is 1.07 bits per heavy atom. The predicted molar refractivity (Wildman–Crippen MR) is 126 cm³/mol. The molecule has 0 N–H and O–H groups in total. The van der Waals surface area contributed by atoms with Crippen LogP contribution < -0.4 is 4.74 Å². The molecule has 0 spiro atoms. The van der Waals surface area contributed by atoms with E-state index in [0.717, 1.165) is 24.1 Å². The molecule has 2 heterocycles. The smallest absolute Gasteiger partial charge is 0.213 e. The second-order valence-corrected chi connectivity index (χ2v) is 9.49. The van der Waals surface area contributed by atoms with Crippen LogP contribution in [-0.4, -0.2) is 29.1 Å². The van der Waals surface area contributed by atoms with Gasteiger partial charge in [-0.05, 0) is 52.2 Å². The van der Waals surface area contributed by atoms with E-state index in [2.05, 4.69) is 69.1 Å². The van der Waals surface area contributed by atoms with Crippen LogP contribution in [0.25, 0.3) is 0 Å². The molecular formula is C24H23BrCl2N2O. The van der Waals surface area contributed by atoms with Gasteiger partial charge in [0.15, 0.2) is 0 Å². The zero-order valence-corrected chi connectivity index (χ0v) is 19.7. The molecule has 156 valence electrons. The summed E-state index contributed by atoms with van der Waals surface area (Å²) in [5.41, 5.74) is 2.51. The highest BCUT2D eigenvalue weighted by atomic mass is 79.9. The minimum atomic E-state index is -0.00102. The van der Waals surface area contributed by atoms with E-state index in [1.165, 1.54) is 11.1 Å². The number of ether oxygens (including phenoxy) is 1. The minimum Gasteiger partial charge on any atom is -0.474 e. The van der Waals surface area contributed by atoms with Gasteiger partial charge in [-0.25, -0.2) is 4.98 Å².